The molecule has 0 atom stereocenters. The minimum Gasteiger partial charge on any atom is -0.398 e. The van der Waals surface area contributed by atoms with Gasteiger partial charge in [-0.2, -0.15) is 0 Å². The Bertz CT molecular complexity index is 821. The van der Waals surface area contributed by atoms with E-state index in [1.54, 1.807) is 35.2 Å². The summed E-state index contributed by atoms with van der Waals surface area (Å²) in [6, 6.07) is 10.9. The van der Waals surface area contributed by atoms with Gasteiger partial charge < -0.3 is 5.73 Å². The lowest BCUT2D eigenvalue weighted by Crippen LogP contribution is -2.19. The van der Waals surface area contributed by atoms with Crippen LogP contribution in [0.3, 0.4) is 0 Å². The summed E-state index contributed by atoms with van der Waals surface area (Å²) >= 11 is 0. The lowest BCUT2D eigenvalue weighted by Gasteiger charge is -2.10. The molecular formula is C15H13N3O. The number of aromatic nitrogens is 2. The van der Waals surface area contributed by atoms with Crippen molar-refractivity contribution in [3.8, 4) is 5.69 Å². The van der Waals surface area contributed by atoms with Crippen LogP contribution < -0.4 is 11.3 Å². The molecule has 0 saturated heterocycles. The van der Waals surface area contributed by atoms with E-state index in [2.05, 4.69) is 4.98 Å². The van der Waals surface area contributed by atoms with Crippen molar-refractivity contribution in [2.45, 2.75) is 6.92 Å². The molecule has 3 aromatic rings. The van der Waals surface area contributed by atoms with Crippen molar-refractivity contribution in [3.05, 3.63) is 64.8 Å². The van der Waals surface area contributed by atoms with Gasteiger partial charge >= 0.3 is 0 Å². The lowest BCUT2D eigenvalue weighted by atomic mass is 10.1. The number of fused-ring (bicyclic) bond motifs is 1. The number of nitrogens with two attached hydrogens (primary N) is 1. The molecule has 0 aliphatic heterocycles. The summed E-state index contributed by atoms with van der Waals surface area (Å²) in [5.74, 6) is 0. The second-order valence-electron chi connectivity index (χ2n) is 4.41. The molecule has 2 heterocycles. The van der Waals surface area contributed by atoms with E-state index >= 15 is 0 Å². The summed E-state index contributed by atoms with van der Waals surface area (Å²) < 4.78 is 1.60. The van der Waals surface area contributed by atoms with Crippen molar-refractivity contribution in [2.24, 2.45) is 0 Å². The number of hydrogen-bond donors (Lipinski definition) is 1. The molecule has 0 aliphatic rings. The Hall–Kier alpha value is -2.62. The van der Waals surface area contributed by atoms with Crippen LogP contribution >= 0.6 is 0 Å². The number of anilines is 1. The third-order valence-electron chi connectivity index (χ3n) is 3.22. The molecule has 4 heteroatoms. The molecule has 2 aromatic heterocycles. The largest absolute Gasteiger partial charge is 0.398 e. The third kappa shape index (κ3) is 1.78. The molecule has 94 valence electrons. The molecule has 0 amide bonds. The zero-order valence-electron chi connectivity index (χ0n) is 10.5. The Balaban J connectivity index is 2.37. The van der Waals surface area contributed by atoms with Crippen LogP contribution in [0.4, 0.5) is 5.69 Å². The van der Waals surface area contributed by atoms with Crippen molar-refractivity contribution in [2.75, 3.05) is 5.73 Å². The monoisotopic (exact) mass is 251 g/mol. The van der Waals surface area contributed by atoms with E-state index < -0.39 is 0 Å². The SMILES string of the molecule is Cc1ncccc1-n1ccc2c(N)cccc2c1=O. The fraction of sp³-hybridized carbons (Fsp3) is 0.0667. The van der Waals surface area contributed by atoms with E-state index in [0.717, 1.165) is 16.8 Å². The molecule has 0 radical (unpaired) electrons. The molecule has 0 fully saturated rings. The van der Waals surface area contributed by atoms with Crippen LogP contribution in [0.25, 0.3) is 16.5 Å². The highest BCUT2D eigenvalue weighted by atomic mass is 16.1. The van der Waals surface area contributed by atoms with Crippen molar-refractivity contribution in [3.63, 3.8) is 0 Å². The van der Waals surface area contributed by atoms with Crippen molar-refractivity contribution in [1.82, 2.24) is 9.55 Å². The predicted molar refractivity (Wildman–Crippen MR) is 76.5 cm³/mol. The van der Waals surface area contributed by atoms with Crippen LogP contribution in [0.15, 0.2) is 53.6 Å². The number of rotatable bonds is 1. The molecule has 2 N–H and O–H groups in total. The molecule has 1 aromatic carbocycles. The number of nitrogen functional groups attached to an aromatic ring is 1. The first-order valence-corrected chi connectivity index (χ1v) is 6.00. The average Bonchev–Trinajstić information content (AvgIpc) is 2.41. The fourth-order valence-corrected chi connectivity index (χ4v) is 2.22. The normalized spacial score (nSPS) is 10.8. The molecular weight excluding hydrogens is 238 g/mol. The molecule has 0 aliphatic carbocycles. The highest BCUT2D eigenvalue weighted by Crippen LogP contribution is 2.18. The fourth-order valence-electron chi connectivity index (χ4n) is 2.22. The summed E-state index contributed by atoms with van der Waals surface area (Å²) in [6.45, 7) is 1.88. The summed E-state index contributed by atoms with van der Waals surface area (Å²) in [5, 5.41) is 1.40. The lowest BCUT2D eigenvalue weighted by molar-refractivity contribution is 0.970. The van der Waals surface area contributed by atoms with Crippen LogP contribution in [-0.4, -0.2) is 9.55 Å². The van der Waals surface area contributed by atoms with Crippen LogP contribution in [0.2, 0.25) is 0 Å². The highest BCUT2D eigenvalue weighted by Gasteiger charge is 2.08. The van der Waals surface area contributed by atoms with Crippen LogP contribution in [0.5, 0.6) is 0 Å². The van der Waals surface area contributed by atoms with Crippen LogP contribution in [0.1, 0.15) is 5.69 Å². The van der Waals surface area contributed by atoms with Gasteiger partial charge in [0.15, 0.2) is 0 Å². The maximum atomic E-state index is 12.5. The van der Waals surface area contributed by atoms with Crippen molar-refractivity contribution < 1.29 is 0 Å². The Morgan fingerprint density at radius 2 is 1.95 bits per heavy atom. The second-order valence-corrected chi connectivity index (χ2v) is 4.41. The molecule has 0 bridgehead atoms. The van der Waals surface area contributed by atoms with Crippen molar-refractivity contribution >= 4 is 16.5 Å². The zero-order valence-corrected chi connectivity index (χ0v) is 10.5. The second kappa shape index (κ2) is 4.24. The maximum absolute atomic E-state index is 12.5. The first kappa shape index (κ1) is 11.5. The van der Waals surface area contributed by atoms with Gasteiger partial charge in [-0.1, -0.05) is 6.07 Å². The third-order valence-corrected chi connectivity index (χ3v) is 3.22. The van der Waals surface area contributed by atoms with E-state index in [4.69, 9.17) is 5.73 Å². The molecule has 3 rings (SSSR count). The molecule has 0 unspecified atom stereocenters. The smallest absolute Gasteiger partial charge is 0.263 e. The quantitative estimate of drug-likeness (QED) is 0.675. The van der Waals surface area contributed by atoms with Gasteiger partial charge in [-0.15, -0.1) is 0 Å². The topological polar surface area (TPSA) is 60.9 Å². The van der Waals surface area contributed by atoms with E-state index in [-0.39, 0.29) is 5.56 Å². The van der Waals surface area contributed by atoms with Gasteiger partial charge in [0.25, 0.3) is 5.56 Å². The van der Waals surface area contributed by atoms with Gasteiger partial charge in [0.2, 0.25) is 0 Å². The Kier molecular flexibility index (Phi) is 2.56. The van der Waals surface area contributed by atoms with E-state index in [1.165, 1.54) is 0 Å². The predicted octanol–water partition coefficient (Wildman–Crippen LogP) is 2.28. The van der Waals surface area contributed by atoms with Gasteiger partial charge in [-0.25, -0.2) is 0 Å². The van der Waals surface area contributed by atoms with Gasteiger partial charge in [0, 0.05) is 28.9 Å². The molecule has 0 spiro atoms. The highest BCUT2D eigenvalue weighted by molar-refractivity contribution is 5.92. The number of pyridine rings is 2. The Morgan fingerprint density at radius 1 is 1.11 bits per heavy atom. The van der Waals surface area contributed by atoms with Crippen LogP contribution in [-0.2, 0) is 0 Å². The van der Waals surface area contributed by atoms with Gasteiger partial charge in [-0.3, -0.25) is 14.3 Å². The molecule has 0 saturated carbocycles. The number of aryl methyl sites for hydroxylation is 1. The standard InChI is InChI=1S/C15H13N3O/c1-10-14(6-3-8-17-10)18-9-7-11-12(15(18)19)4-2-5-13(11)16/h2-9H,16H2,1H3. The van der Waals surface area contributed by atoms with E-state index in [0.29, 0.717) is 11.1 Å². The zero-order chi connectivity index (χ0) is 13.4. The number of hydrogen-bond acceptors (Lipinski definition) is 3. The summed E-state index contributed by atoms with van der Waals surface area (Å²) in [7, 11) is 0. The maximum Gasteiger partial charge on any atom is 0.263 e. The minimum atomic E-state index is -0.0825. The van der Waals surface area contributed by atoms with Crippen LogP contribution in [0, 0.1) is 6.92 Å². The number of benzene rings is 1. The Morgan fingerprint density at radius 3 is 2.74 bits per heavy atom. The first-order chi connectivity index (χ1) is 9.18. The Labute approximate surface area is 110 Å². The molecule has 19 heavy (non-hydrogen) atoms. The minimum absolute atomic E-state index is 0.0825. The van der Waals surface area contributed by atoms with Gasteiger partial charge in [0.1, 0.15) is 0 Å². The van der Waals surface area contributed by atoms with Gasteiger partial charge in [-0.05, 0) is 37.3 Å². The van der Waals surface area contributed by atoms with Crippen molar-refractivity contribution in [1.29, 1.82) is 0 Å². The number of nitrogens with zero attached hydrogens (tertiary/aromatic N) is 2. The molecule has 4 nitrogen and oxygen atoms in total. The van der Waals surface area contributed by atoms with E-state index in [1.807, 2.05) is 25.1 Å². The van der Waals surface area contributed by atoms with Gasteiger partial charge in [0.05, 0.1) is 11.4 Å². The van der Waals surface area contributed by atoms with E-state index in [9.17, 15) is 4.79 Å². The summed E-state index contributed by atoms with van der Waals surface area (Å²) in [4.78, 5) is 16.7. The average molecular weight is 251 g/mol. The summed E-state index contributed by atoms with van der Waals surface area (Å²) in [6.07, 6.45) is 3.45. The first-order valence-electron chi connectivity index (χ1n) is 6.00. The summed E-state index contributed by atoms with van der Waals surface area (Å²) in [5.41, 5.74) is 8.02.